The second-order valence-corrected chi connectivity index (χ2v) is 6.00. The monoisotopic (exact) mass is 288 g/mol. The topological polar surface area (TPSA) is 73.9 Å². The normalized spacial score (nSPS) is 17.3. The molecule has 0 saturated heterocycles. The van der Waals surface area contributed by atoms with Crippen molar-refractivity contribution < 1.29 is 0 Å². The van der Waals surface area contributed by atoms with Crippen LogP contribution in [-0.4, -0.2) is 12.0 Å². The van der Waals surface area contributed by atoms with Gasteiger partial charge in [-0.2, -0.15) is 0 Å². The Kier molecular flexibility index (Phi) is 6.38. The Bertz CT molecular complexity index is 417. The van der Waals surface area contributed by atoms with Crippen LogP contribution in [0, 0.1) is 5.41 Å². The first-order valence-corrected chi connectivity index (χ1v) is 8.17. The first-order valence-electron chi connectivity index (χ1n) is 8.17. The summed E-state index contributed by atoms with van der Waals surface area (Å²) in [5, 5.41) is 13.7. The van der Waals surface area contributed by atoms with Gasteiger partial charge in [-0.15, -0.1) is 0 Å². The van der Waals surface area contributed by atoms with E-state index < -0.39 is 0 Å². The number of rotatable bonds is 4. The van der Waals surface area contributed by atoms with Gasteiger partial charge >= 0.3 is 0 Å². The molecule has 0 radical (unpaired) electrons. The molecule has 5 N–H and O–H groups in total. The highest BCUT2D eigenvalue weighted by atomic mass is 15.0. The van der Waals surface area contributed by atoms with Crippen molar-refractivity contribution in [3.8, 4) is 0 Å². The maximum absolute atomic E-state index is 7.17. The van der Waals surface area contributed by atoms with Crippen LogP contribution in [0.15, 0.2) is 24.3 Å². The van der Waals surface area contributed by atoms with Crippen molar-refractivity contribution in [3.05, 3.63) is 29.8 Å². The third kappa shape index (κ3) is 6.06. The molecule has 1 aromatic rings. The van der Waals surface area contributed by atoms with Gasteiger partial charge in [0.15, 0.2) is 5.96 Å². The van der Waals surface area contributed by atoms with E-state index in [1.165, 1.54) is 57.1 Å². The molecule has 1 aliphatic carbocycles. The summed E-state index contributed by atoms with van der Waals surface area (Å²) < 4.78 is 0. The molecular weight excluding hydrogens is 260 g/mol. The van der Waals surface area contributed by atoms with E-state index in [0.29, 0.717) is 12.6 Å². The summed E-state index contributed by atoms with van der Waals surface area (Å²) in [5.74, 6) is 0.0165. The van der Waals surface area contributed by atoms with E-state index in [2.05, 4.69) is 34.9 Å². The molecule has 1 aromatic carbocycles. The second-order valence-electron chi connectivity index (χ2n) is 6.00. The number of anilines is 1. The number of benzene rings is 1. The molecule has 2 rings (SSSR count). The molecule has 0 aromatic heterocycles. The number of nitrogens with one attached hydrogen (secondary N) is 3. The van der Waals surface area contributed by atoms with Gasteiger partial charge < -0.3 is 16.4 Å². The third-order valence-electron chi connectivity index (χ3n) is 4.16. The van der Waals surface area contributed by atoms with Crippen LogP contribution in [0.3, 0.4) is 0 Å². The Morgan fingerprint density at radius 3 is 2.14 bits per heavy atom. The Balaban J connectivity index is 1.84. The van der Waals surface area contributed by atoms with Crippen molar-refractivity contribution in [2.45, 2.75) is 64.0 Å². The minimum Gasteiger partial charge on any atom is -0.382 e. The third-order valence-corrected chi connectivity index (χ3v) is 4.16. The fourth-order valence-electron chi connectivity index (χ4n) is 2.93. The van der Waals surface area contributed by atoms with E-state index >= 15 is 0 Å². The van der Waals surface area contributed by atoms with Crippen molar-refractivity contribution in [1.82, 2.24) is 5.32 Å². The minimum atomic E-state index is 0.0165. The Morgan fingerprint density at radius 2 is 1.57 bits per heavy atom. The number of nitrogens with two attached hydrogens (primary N) is 1. The molecule has 0 bridgehead atoms. The lowest BCUT2D eigenvalue weighted by molar-refractivity contribution is 0.563. The van der Waals surface area contributed by atoms with Crippen LogP contribution in [0.5, 0.6) is 0 Å². The lowest BCUT2D eigenvalue weighted by Crippen LogP contribution is -2.29. The van der Waals surface area contributed by atoms with Crippen molar-refractivity contribution in [2.24, 2.45) is 5.73 Å². The average molecular weight is 288 g/mol. The van der Waals surface area contributed by atoms with Crippen LogP contribution in [0.1, 0.15) is 56.9 Å². The van der Waals surface area contributed by atoms with E-state index in [0.717, 1.165) is 5.56 Å². The zero-order chi connectivity index (χ0) is 14.9. The fraction of sp³-hybridized carbons (Fsp3) is 0.588. The van der Waals surface area contributed by atoms with E-state index in [4.69, 9.17) is 11.1 Å². The maximum atomic E-state index is 7.17. The van der Waals surface area contributed by atoms with Crippen LogP contribution in [-0.2, 0) is 6.54 Å². The smallest absolute Gasteiger partial charge is 0.185 e. The van der Waals surface area contributed by atoms with Gasteiger partial charge in [-0.3, -0.25) is 5.41 Å². The summed E-state index contributed by atoms with van der Waals surface area (Å²) in [7, 11) is 0. The van der Waals surface area contributed by atoms with Gasteiger partial charge in [0, 0.05) is 18.3 Å². The standard InChI is InChI=1S/C17H28N4/c18-17(19)20-13-14-9-11-16(12-10-14)21-15-7-5-3-1-2-4-6-8-15/h9-12,15,21H,1-8,13H2,(H4,18,19,20). The highest BCUT2D eigenvalue weighted by molar-refractivity contribution is 5.74. The maximum Gasteiger partial charge on any atom is 0.185 e. The molecule has 1 saturated carbocycles. The molecule has 1 aliphatic rings. The second kappa shape index (κ2) is 8.55. The molecule has 1 fully saturated rings. The van der Waals surface area contributed by atoms with Gasteiger partial charge in [0.05, 0.1) is 0 Å². The molecule has 0 atom stereocenters. The lowest BCUT2D eigenvalue weighted by Gasteiger charge is -2.19. The summed E-state index contributed by atoms with van der Waals surface area (Å²) in [6, 6.07) is 9.05. The Morgan fingerprint density at radius 1 is 1.00 bits per heavy atom. The predicted octanol–water partition coefficient (Wildman–Crippen LogP) is 3.58. The first-order chi connectivity index (χ1) is 10.2. The zero-order valence-corrected chi connectivity index (χ0v) is 12.8. The van der Waals surface area contributed by atoms with Crippen LogP contribution in [0.4, 0.5) is 5.69 Å². The molecule has 0 heterocycles. The average Bonchev–Trinajstić information content (AvgIpc) is 2.60. The predicted molar refractivity (Wildman–Crippen MR) is 89.5 cm³/mol. The van der Waals surface area contributed by atoms with Crippen LogP contribution >= 0.6 is 0 Å². The summed E-state index contributed by atoms with van der Waals surface area (Å²) in [4.78, 5) is 0. The number of hydrogen-bond acceptors (Lipinski definition) is 2. The quantitative estimate of drug-likeness (QED) is 0.505. The minimum absolute atomic E-state index is 0.0165. The van der Waals surface area contributed by atoms with Crippen molar-refractivity contribution in [1.29, 1.82) is 5.41 Å². The van der Waals surface area contributed by atoms with Gasteiger partial charge in [0.2, 0.25) is 0 Å². The van der Waals surface area contributed by atoms with Gasteiger partial charge in [0.25, 0.3) is 0 Å². The van der Waals surface area contributed by atoms with Crippen LogP contribution < -0.4 is 16.4 Å². The molecule has 0 aliphatic heterocycles. The molecular formula is C17H28N4. The van der Waals surface area contributed by atoms with Crippen molar-refractivity contribution >= 4 is 11.6 Å². The van der Waals surface area contributed by atoms with Crippen LogP contribution in [0.25, 0.3) is 0 Å². The summed E-state index contributed by atoms with van der Waals surface area (Å²) >= 11 is 0. The van der Waals surface area contributed by atoms with Gasteiger partial charge in [-0.05, 0) is 30.5 Å². The molecule has 21 heavy (non-hydrogen) atoms. The molecule has 0 spiro atoms. The van der Waals surface area contributed by atoms with Gasteiger partial charge in [-0.25, -0.2) is 0 Å². The molecule has 4 heteroatoms. The van der Waals surface area contributed by atoms with E-state index in [1.54, 1.807) is 0 Å². The molecule has 0 amide bonds. The summed E-state index contributed by atoms with van der Waals surface area (Å²) in [5.41, 5.74) is 7.64. The molecule has 116 valence electrons. The Labute approximate surface area is 128 Å². The zero-order valence-electron chi connectivity index (χ0n) is 12.8. The molecule has 0 unspecified atom stereocenters. The SMILES string of the molecule is N=C(N)NCc1ccc(NC2CCCCCCCC2)cc1. The number of hydrogen-bond donors (Lipinski definition) is 4. The Hall–Kier alpha value is -1.71. The van der Waals surface area contributed by atoms with E-state index in [-0.39, 0.29) is 5.96 Å². The van der Waals surface area contributed by atoms with Gasteiger partial charge in [0.1, 0.15) is 0 Å². The van der Waals surface area contributed by atoms with Crippen molar-refractivity contribution in [3.63, 3.8) is 0 Å². The fourth-order valence-corrected chi connectivity index (χ4v) is 2.93. The first kappa shape index (κ1) is 15.7. The number of guanidine groups is 1. The highest BCUT2D eigenvalue weighted by Gasteiger charge is 2.10. The lowest BCUT2D eigenvalue weighted by atomic mass is 10.0. The van der Waals surface area contributed by atoms with Gasteiger partial charge in [-0.1, -0.05) is 50.7 Å². The largest absolute Gasteiger partial charge is 0.382 e. The highest BCUT2D eigenvalue weighted by Crippen LogP contribution is 2.20. The summed E-state index contributed by atoms with van der Waals surface area (Å²) in [6.45, 7) is 0.610. The van der Waals surface area contributed by atoms with E-state index in [9.17, 15) is 0 Å². The van der Waals surface area contributed by atoms with E-state index in [1.807, 2.05) is 0 Å². The summed E-state index contributed by atoms with van der Waals surface area (Å²) in [6.07, 6.45) is 10.8. The molecule has 4 nitrogen and oxygen atoms in total. The van der Waals surface area contributed by atoms with Crippen LogP contribution in [0.2, 0.25) is 0 Å². The van der Waals surface area contributed by atoms with Crippen molar-refractivity contribution in [2.75, 3.05) is 5.32 Å².